The van der Waals surface area contributed by atoms with Gasteiger partial charge in [-0.3, -0.25) is 0 Å². The SMILES string of the molecule is O=C(NCCCc1ccccc1)Nc1ccccc1O. The highest BCUT2D eigenvalue weighted by Crippen LogP contribution is 2.20. The van der Waals surface area contributed by atoms with Crippen LogP contribution in [0.5, 0.6) is 5.75 Å². The lowest BCUT2D eigenvalue weighted by Crippen LogP contribution is -2.29. The van der Waals surface area contributed by atoms with Crippen LogP contribution in [0.2, 0.25) is 0 Å². The van der Waals surface area contributed by atoms with Crippen LogP contribution >= 0.6 is 0 Å². The molecule has 0 atom stereocenters. The van der Waals surface area contributed by atoms with Crippen molar-refractivity contribution in [2.45, 2.75) is 12.8 Å². The largest absolute Gasteiger partial charge is 0.506 e. The average Bonchev–Trinajstić information content (AvgIpc) is 2.47. The molecular weight excluding hydrogens is 252 g/mol. The van der Waals surface area contributed by atoms with Gasteiger partial charge in [-0.1, -0.05) is 42.5 Å². The van der Waals surface area contributed by atoms with Crippen LogP contribution in [0.15, 0.2) is 54.6 Å². The molecule has 4 nitrogen and oxygen atoms in total. The zero-order valence-corrected chi connectivity index (χ0v) is 11.2. The fourth-order valence-electron chi connectivity index (χ4n) is 1.88. The summed E-state index contributed by atoms with van der Waals surface area (Å²) in [7, 11) is 0. The molecule has 0 aliphatic rings. The van der Waals surface area contributed by atoms with E-state index < -0.39 is 0 Å². The molecular formula is C16H18N2O2. The Morgan fingerprint density at radius 1 is 1.00 bits per heavy atom. The van der Waals surface area contributed by atoms with Crippen molar-refractivity contribution in [3.8, 4) is 5.75 Å². The summed E-state index contributed by atoms with van der Waals surface area (Å²) in [4.78, 5) is 11.6. The first-order valence-electron chi connectivity index (χ1n) is 6.62. The van der Waals surface area contributed by atoms with Gasteiger partial charge in [0.2, 0.25) is 0 Å². The number of rotatable bonds is 5. The van der Waals surface area contributed by atoms with Gasteiger partial charge in [-0.15, -0.1) is 0 Å². The van der Waals surface area contributed by atoms with Gasteiger partial charge in [0.15, 0.2) is 0 Å². The smallest absolute Gasteiger partial charge is 0.319 e. The van der Waals surface area contributed by atoms with Gasteiger partial charge in [-0.2, -0.15) is 0 Å². The molecule has 0 fully saturated rings. The summed E-state index contributed by atoms with van der Waals surface area (Å²) in [6.07, 6.45) is 1.80. The second kappa shape index (κ2) is 7.19. The van der Waals surface area contributed by atoms with Gasteiger partial charge in [-0.25, -0.2) is 4.79 Å². The highest BCUT2D eigenvalue weighted by atomic mass is 16.3. The van der Waals surface area contributed by atoms with Gasteiger partial charge >= 0.3 is 6.03 Å². The van der Waals surface area contributed by atoms with Gasteiger partial charge in [0.1, 0.15) is 5.75 Å². The molecule has 0 unspecified atom stereocenters. The molecule has 20 heavy (non-hydrogen) atoms. The third kappa shape index (κ3) is 4.31. The summed E-state index contributed by atoms with van der Waals surface area (Å²) in [5.74, 6) is 0.0620. The molecule has 3 N–H and O–H groups in total. The first kappa shape index (κ1) is 13.9. The molecule has 104 valence electrons. The van der Waals surface area contributed by atoms with E-state index in [1.807, 2.05) is 18.2 Å². The van der Waals surface area contributed by atoms with E-state index in [0.29, 0.717) is 12.2 Å². The lowest BCUT2D eigenvalue weighted by atomic mass is 10.1. The van der Waals surface area contributed by atoms with E-state index >= 15 is 0 Å². The monoisotopic (exact) mass is 270 g/mol. The van der Waals surface area contributed by atoms with E-state index in [0.717, 1.165) is 12.8 Å². The number of hydrogen-bond donors (Lipinski definition) is 3. The van der Waals surface area contributed by atoms with E-state index in [4.69, 9.17) is 0 Å². The van der Waals surface area contributed by atoms with E-state index in [9.17, 15) is 9.90 Å². The summed E-state index contributed by atoms with van der Waals surface area (Å²) >= 11 is 0. The number of phenols is 1. The zero-order chi connectivity index (χ0) is 14.2. The maximum absolute atomic E-state index is 11.6. The van der Waals surface area contributed by atoms with Crippen molar-refractivity contribution < 1.29 is 9.90 Å². The van der Waals surface area contributed by atoms with Crippen molar-refractivity contribution >= 4 is 11.7 Å². The normalized spacial score (nSPS) is 10.0. The summed E-state index contributed by atoms with van der Waals surface area (Å²) in [6.45, 7) is 0.592. The Hall–Kier alpha value is -2.49. The van der Waals surface area contributed by atoms with E-state index in [1.165, 1.54) is 11.6 Å². The highest BCUT2D eigenvalue weighted by molar-refractivity contribution is 5.90. The average molecular weight is 270 g/mol. The molecule has 0 aliphatic heterocycles. The second-order valence-corrected chi connectivity index (χ2v) is 4.49. The van der Waals surface area contributed by atoms with E-state index in [2.05, 4.69) is 22.8 Å². The Bertz CT molecular complexity index is 555. The number of amides is 2. The number of para-hydroxylation sites is 2. The van der Waals surface area contributed by atoms with E-state index in [1.54, 1.807) is 18.2 Å². The quantitative estimate of drug-likeness (QED) is 0.577. The van der Waals surface area contributed by atoms with Gasteiger partial charge in [0.05, 0.1) is 5.69 Å². The maximum Gasteiger partial charge on any atom is 0.319 e. The third-order valence-corrected chi connectivity index (χ3v) is 2.92. The summed E-state index contributed by atoms with van der Waals surface area (Å²) < 4.78 is 0. The van der Waals surface area contributed by atoms with Gasteiger partial charge in [-0.05, 0) is 30.5 Å². The van der Waals surface area contributed by atoms with Crippen LogP contribution in [-0.2, 0) is 6.42 Å². The zero-order valence-electron chi connectivity index (χ0n) is 11.2. The standard InChI is InChI=1S/C16H18N2O2/c19-15-11-5-4-10-14(15)18-16(20)17-12-6-9-13-7-2-1-3-8-13/h1-5,7-8,10-11,19H,6,9,12H2,(H2,17,18,20). The Morgan fingerprint density at radius 3 is 2.45 bits per heavy atom. The number of aromatic hydroxyl groups is 1. The third-order valence-electron chi connectivity index (χ3n) is 2.92. The predicted molar refractivity (Wildman–Crippen MR) is 79.9 cm³/mol. The van der Waals surface area contributed by atoms with Crippen molar-refractivity contribution in [3.63, 3.8) is 0 Å². The number of hydrogen-bond acceptors (Lipinski definition) is 2. The molecule has 2 aromatic rings. The van der Waals surface area contributed by atoms with Crippen LogP contribution in [0, 0.1) is 0 Å². The Kier molecular flexibility index (Phi) is 5.00. The van der Waals surface area contributed by atoms with Crippen molar-refractivity contribution in [2.24, 2.45) is 0 Å². The minimum absolute atomic E-state index is 0.0620. The van der Waals surface area contributed by atoms with Crippen LogP contribution < -0.4 is 10.6 Å². The number of nitrogens with one attached hydrogen (secondary N) is 2. The first-order chi connectivity index (χ1) is 9.75. The summed E-state index contributed by atoms with van der Waals surface area (Å²) in [6, 6.07) is 16.5. The van der Waals surface area contributed by atoms with Crippen LogP contribution in [0.3, 0.4) is 0 Å². The molecule has 0 heterocycles. The topological polar surface area (TPSA) is 61.4 Å². The van der Waals surface area contributed by atoms with Crippen molar-refractivity contribution in [2.75, 3.05) is 11.9 Å². The number of anilines is 1. The molecule has 0 aromatic heterocycles. The minimum atomic E-state index is -0.306. The number of carbonyl (C=O) groups excluding carboxylic acids is 1. The van der Waals surface area contributed by atoms with Crippen molar-refractivity contribution in [1.82, 2.24) is 5.32 Å². The molecule has 2 amide bonds. The number of urea groups is 1. The summed E-state index contributed by atoms with van der Waals surface area (Å²) in [5, 5.41) is 14.9. The molecule has 4 heteroatoms. The van der Waals surface area contributed by atoms with Crippen molar-refractivity contribution in [3.05, 3.63) is 60.2 Å². The van der Waals surface area contributed by atoms with Crippen LogP contribution in [0.25, 0.3) is 0 Å². The first-order valence-corrected chi connectivity index (χ1v) is 6.62. The molecule has 0 bridgehead atoms. The van der Waals surface area contributed by atoms with Crippen LogP contribution in [-0.4, -0.2) is 17.7 Å². The Morgan fingerprint density at radius 2 is 1.70 bits per heavy atom. The second-order valence-electron chi connectivity index (χ2n) is 4.49. The predicted octanol–water partition coefficient (Wildman–Crippen LogP) is 3.15. The lowest BCUT2D eigenvalue weighted by Gasteiger charge is -2.08. The van der Waals surface area contributed by atoms with Crippen molar-refractivity contribution in [1.29, 1.82) is 0 Å². The Balaban J connectivity index is 1.69. The number of phenolic OH excluding ortho intramolecular Hbond substituents is 1. The lowest BCUT2D eigenvalue weighted by molar-refractivity contribution is 0.252. The molecule has 0 spiro atoms. The van der Waals surface area contributed by atoms with Crippen LogP contribution in [0.4, 0.5) is 10.5 Å². The number of benzene rings is 2. The molecule has 0 aliphatic carbocycles. The highest BCUT2D eigenvalue weighted by Gasteiger charge is 2.04. The van der Waals surface area contributed by atoms with Gasteiger partial charge in [0, 0.05) is 6.54 Å². The fraction of sp³-hybridized carbons (Fsp3) is 0.188. The van der Waals surface area contributed by atoms with Gasteiger partial charge < -0.3 is 15.7 Å². The summed E-state index contributed by atoms with van der Waals surface area (Å²) in [5.41, 5.74) is 1.67. The van der Waals surface area contributed by atoms with E-state index in [-0.39, 0.29) is 11.8 Å². The molecule has 2 rings (SSSR count). The van der Waals surface area contributed by atoms with Gasteiger partial charge in [0.25, 0.3) is 0 Å². The number of carbonyl (C=O) groups is 1. The molecule has 0 radical (unpaired) electrons. The molecule has 0 saturated carbocycles. The number of aryl methyl sites for hydroxylation is 1. The van der Waals surface area contributed by atoms with Crippen LogP contribution in [0.1, 0.15) is 12.0 Å². The minimum Gasteiger partial charge on any atom is -0.506 e. The molecule has 0 saturated heterocycles. The fourth-order valence-corrected chi connectivity index (χ4v) is 1.88. The molecule has 2 aromatic carbocycles. The maximum atomic E-state index is 11.6. The Labute approximate surface area is 118 Å².